The zero-order valence-corrected chi connectivity index (χ0v) is 28.2. The molecule has 0 aromatic heterocycles. The fourth-order valence-electron chi connectivity index (χ4n) is 8.52. The maximum absolute atomic E-state index is 15.0. The molecule has 3 amide bonds. The molecule has 3 fully saturated rings. The summed E-state index contributed by atoms with van der Waals surface area (Å²) in [6, 6.07) is 6.70. The van der Waals surface area contributed by atoms with Crippen LogP contribution in [-0.4, -0.2) is 101 Å². The number of methoxy groups -OCH3 is 1. The second kappa shape index (κ2) is 14.5. The van der Waals surface area contributed by atoms with Crippen LogP contribution >= 0.6 is 0 Å². The average molecular weight is 664 g/mol. The van der Waals surface area contributed by atoms with Crippen LogP contribution in [0.3, 0.4) is 0 Å². The number of carbonyl (C=O) groups is 4. The quantitative estimate of drug-likeness (QED) is 0.336. The summed E-state index contributed by atoms with van der Waals surface area (Å²) >= 11 is 0. The van der Waals surface area contributed by atoms with Crippen LogP contribution in [-0.2, 0) is 33.4 Å². The molecule has 5 aliphatic rings. The molecule has 1 aliphatic carbocycles. The van der Waals surface area contributed by atoms with Crippen molar-refractivity contribution in [2.75, 3.05) is 26.9 Å². The summed E-state index contributed by atoms with van der Waals surface area (Å²) in [7, 11) is 1.52. The minimum Gasteiger partial charge on any atom is -0.455 e. The third-order valence-corrected chi connectivity index (χ3v) is 10.9. The average Bonchev–Trinajstić information content (AvgIpc) is 3.73. The molecule has 4 aliphatic heterocycles. The van der Waals surface area contributed by atoms with E-state index in [1.54, 1.807) is 12.2 Å². The van der Waals surface area contributed by atoms with E-state index in [9.17, 15) is 19.5 Å². The van der Waals surface area contributed by atoms with Gasteiger partial charge in [0, 0.05) is 26.1 Å². The van der Waals surface area contributed by atoms with E-state index in [4.69, 9.17) is 14.2 Å². The van der Waals surface area contributed by atoms with Gasteiger partial charge in [-0.1, -0.05) is 87.7 Å². The highest BCUT2D eigenvalue weighted by Gasteiger charge is 2.74. The maximum Gasteiger partial charge on any atom is 0.313 e. The lowest BCUT2D eigenvalue weighted by molar-refractivity contribution is -0.163. The molecule has 0 radical (unpaired) electrons. The van der Waals surface area contributed by atoms with Gasteiger partial charge in [0.15, 0.2) is 0 Å². The minimum absolute atomic E-state index is 0.0231. The fourth-order valence-corrected chi connectivity index (χ4v) is 8.52. The number of carbonyl (C=O) groups excluding carboxylic acids is 4. The van der Waals surface area contributed by atoms with Gasteiger partial charge in [-0.3, -0.25) is 19.2 Å². The largest absolute Gasteiger partial charge is 0.455 e. The molecule has 1 aromatic rings. The first-order valence-electron chi connectivity index (χ1n) is 17.5. The molecule has 48 heavy (non-hydrogen) atoms. The minimum atomic E-state index is -1.39. The molecular weight excluding hydrogens is 614 g/mol. The molecule has 0 unspecified atom stereocenters. The summed E-state index contributed by atoms with van der Waals surface area (Å²) in [5.74, 6) is -3.73. The first-order valence-corrected chi connectivity index (χ1v) is 17.5. The van der Waals surface area contributed by atoms with Gasteiger partial charge in [0.25, 0.3) is 0 Å². The number of hydrogen-bond acceptors (Lipinski definition) is 8. The Morgan fingerprint density at radius 1 is 1.04 bits per heavy atom. The maximum atomic E-state index is 15.0. The summed E-state index contributed by atoms with van der Waals surface area (Å²) in [5, 5.41) is 13.6. The van der Waals surface area contributed by atoms with Crippen LogP contribution in [0.25, 0.3) is 0 Å². The molecular formula is C37H49N3O8. The van der Waals surface area contributed by atoms with Crippen molar-refractivity contribution in [1.29, 1.82) is 0 Å². The number of benzene rings is 1. The first-order chi connectivity index (χ1) is 23.2. The lowest BCUT2D eigenvalue weighted by atomic mass is 9.74. The smallest absolute Gasteiger partial charge is 0.313 e. The van der Waals surface area contributed by atoms with Crippen molar-refractivity contribution >= 4 is 23.7 Å². The van der Waals surface area contributed by atoms with E-state index in [2.05, 4.69) is 5.32 Å². The lowest BCUT2D eigenvalue weighted by Crippen LogP contribution is -2.61. The molecule has 260 valence electrons. The molecule has 1 saturated carbocycles. The van der Waals surface area contributed by atoms with Gasteiger partial charge in [0.1, 0.15) is 23.7 Å². The van der Waals surface area contributed by atoms with Gasteiger partial charge in [-0.2, -0.15) is 0 Å². The van der Waals surface area contributed by atoms with E-state index >= 15 is 4.79 Å². The van der Waals surface area contributed by atoms with Crippen LogP contribution < -0.4 is 5.32 Å². The predicted octanol–water partition coefficient (Wildman–Crippen LogP) is 3.08. The van der Waals surface area contributed by atoms with Gasteiger partial charge in [0.05, 0.1) is 37.3 Å². The highest BCUT2D eigenvalue weighted by atomic mass is 16.6. The molecule has 11 nitrogen and oxygen atoms in total. The zero-order chi connectivity index (χ0) is 34.0. The van der Waals surface area contributed by atoms with Gasteiger partial charge >= 0.3 is 5.97 Å². The van der Waals surface area contributed by atoms with Crippen LogP contribution in [0.1, 0.15) is 70.5 Å². The van der Waals surface area contributed by atoms with Gasteiger partial charge in [-0.05, 0) is 30.7 Å². The van der Waals surface area contributed by atoms with Crippen LogP contribution in [0.4, 0.5) is 0 Å². The molecule has 6 rings (SSSR count). The lowest BCUT2D eigenvalue weighted by Gasteiger charge is -2.42. The monoisotopic (exact) mass is 663 g/mol. The van der Waals surface area contributed by atoms with E-state index in [1.165, 1.54) is 12.0 Å². The number of nitrogens with one attached hydrogen (secondary N) is 1. The number of aliphatic hydroxyl groups excluding tert-OH is 1. The van der Waals surface area contributed by atoms with Crippen molar-refractivity contribution in [1.82, 2.24) is 15.1 Å². The van der Waals surface area contributed by atoms with Crippen LogP contribution in [0.5, 0.6) is 0 Å². The van der Waals surface area contributed by atoms with Gasteiger partial charge in [-0.25, -0.2) is 0 Å². The number of likely N-dealkylation sites (tertiary alicyclic amines) is 1. The number of hydrogen-bond donors (Lipinski definition) is 2. The standard InChI is InChI=1S/C37H49N3O8/c1-23(2)27(21-41)40-33-35(44)39(25-15-9-5-10-16-25)20-12-6-11-17-29(42)38-26(22-46-3)32(24-13-7-4-8-14-24)47-36(45)30-28-18-19-37(33,48-28)31(30)34(40)43/h4,6-8,12-14,18-19,23,25-28,30-33,41H,5,9-11,15-17,20-22H2,1-3H3,(H,38,42)/b12-6-/t26-,27-,28+,30-,31-,32-,33+,37-/m0/s1. The predicted molar refractivity (Wildman–Crippen MR) is 176 cm³/mol. The number of aliphatic hydroxyl groups is 1. The van der Waals surface area contributed by atoms with Crippen molar-refractivity contribution < 1.29 is 38.5 Å². The topological polar surface area (TPSA) is 135 Å². The number of cyclic esters (lactones) is 1. The molecule has 1 aromatic carbocycles. The second-order valence-corrected chi connectivity index (χ2v) is 14.1. The van der Waals surface area contributed by atoms with Gasteiger partial charge < -0.3 is 34.4 Å². The van der Waals surface area contributed by atoms with Gasteiger partial charge in [0.2, 0.25) is 17.7 Å². The Hall–Kier alpha value is -3.54. The Morgan fingerprint density at radius 2 is 1.79 bits per heavy atom. The van der Waals surface area contributed by atoms with Crippen molar-refractivity contribution in [2.45, 2.75) is 101 Å². The molecule has 2 saturated heterocycles. The Kier molecular flexibility index (Phi) is 10.4. The highest BCUT2D eigenvalue weighted by molar-refractivity contribution is 5.99. The Bertz CT molecular complexity index is 1410. The highest BCUT2D eigenvalue weighted by Crippen LogP contribution is 2.56. The van der Waals surface area contributed by atoms with Crippen LogP contribution in [0, 0.1) is 17.8 Å². The second-order valence-electron chi connectivity index (χ2n) is 14.1. The van der Waals surface area contributed by atoms with Crippen LogP contribution in [0.15, 0.2) is 54.6 Å². The first kappa shape index (κ1) is 34.3. The summed E-state index contributed by atoms with van der Waals surface area (Å²) in [6.07, 6.45) is 11.2. The summed E-state index contributed by atoms with van der Waals surface area (Å²) in [5.41, 5.74) is -0.728. The van der Waals surface area contributed by atoms with E-state index in [-0.39, 0.29) is 43.4 Å². The number of ether oxygens (including phenoxy) is 3. The third kappa shape index (κ3) is 6.20. The summed E-state index contributed by atoms with van der Waals surface area (Å²) < 4.78 is 18.4. The number of amides is 3. The number of allylic oxidation sites excluding steroid dienone is 1. The number of fused-ring (bicyclic) bond motifs is 2. The van der Waals surface area contributed by atoms with Crippen molar-refractivity contribution in [3.05, 3.63) is 60.2 Å². The number of esters is 1. The Labute approximate surface area is 282 Å². The van der Waals surface area contributed by atoms with Crippen molar-refractivity contribution in [2.24, 2.45) is 17.8 Å². The molecule has 5 bridgehead atoms. The van der Waals surface area contributed by atoms with E-state index in [0.29, 0.717) is 18.5 Å². The Balaban J connectivity index is 1.46. The SMILES string of the molecule is COC[C@@H]1NC(=O)CC/C=C\CN(C2CCCCC2)C(=O)[C@H]2N([C@@H](CO)C(C)C)C(=O)[C@@H]3[C@@H](C(=O)O[C@H]1c1ccccc1)[C@H]1C=C[C@]32O1. The zero-order valence-electron chi connectivity index (χ0n) is 28.2. The fraction of sp³-hybridized carbons (Fsp3) is 0.622. The van der Waals surface area contributed by atoms with E-state index in [1.807, 2.05) is 61.2 Å². The number of rotatable bonds is 7. The molecule has 1 spiro atoms. The van der Waals surface area contributed by atoms with Crippen molar-refractivity contribution in [3.63, 3.8) is 0 Å². The number of nitrogens with zero attached hydrogens (tertiary/aromatic N) is 2. The molecule has 2 N–H and O–H groups in total. The third-order valence-electron chi connectivity index (χ3n) is 10.9. The van der Waals surface area contributed by atoms with E-state index in [0.717, 1.165) is 32.1 Å². The van der Waals surface area contributed by atoms with E-state index < -0.39 is 59.6 Å². The summed E-state index contributed by atoms with van der Waals surface area (Å²) in [6.45, 7) is 3.89. The van der Waals surface area contributed by atoms with Gasteiger partial charge in [-0.15, -0.1) is 0 Å². The summed E-state index contributed by atoms with van der Waals surface area (Å²) in [4.78, 5) is 60.7. The normalized spacial score (nSPS) is 34.4. The van der Waals surface area contributed by atoms with Crippen LogP contribution in [0.2, 0.25) is 0 Å². The van der Waals surface area contributed by atoms with Crippen molar-refractivity contribution in [3.8, 4) is 0 Å². The Morgan fingerprint density at radius 3 is 2.48 bits per heavy atom. The molecule has 4 heterocycles. The molecule has 11 heteroatoms. The molecule has 8 atom stereocenters.